The van der Waals surface area contributed by atoms with Crippen LogP contribution in [0.15, 0.2) is 42.5 Å². The molecule has 2 aromatic carbocycles. The van der Waals surface area contributed by atoms with E-state index in [0.29, 0.717) is 0 Å². The van der Waals surface area contributed by atoms with E-state index in [1.807, 2.05) is 0 Å². The number of carbonyl (C=O) groups is 3. The smallest absolute Gasteiger partial charge is 0.405 e. The monoisotopic (exact) mass is 458 g/mol. The first-order valence-corrected chi connectivity index (χ1v) is 8.91. The molecule has 0 radical (unpaired) electrons. The minimum absolute atomic E-state index is 0.132. The van der Waals surface area contributed by atoms with Crippen molar-refractivity contribution < 1.29 is 37.2 Å². The van der Waals surface area contributed by atoms with Gasteiger partial charge in [0.1, 0.15) is 11.6 Å². The first kappa shape index (κ1) is 23.8. The predicted molar refractivity (Wildman–Crippen MR) is 102 cm³/mol. The molecule has 164 valence electrons. The van der Waals surface area contributed by atoms with E-state index in [4.69, 9.17) is 16.3 Å². The Labute approximate surface area is 178 Å². The number of hydrogen-bond donors (Lipinski definition) is 1. The maximum atomic E-state index is 12.8. The number of amides is 1. The third-order valence-corrected chi connectivity index (χ3v) is 4.23. The van der Waals surface area contributed by atoms with Crippen molar-refractivity contribution in [3.63, 3.8) is 0 Å². The van der Waals surface area contributed by atoms with Gasteiger partial charge in [-0.2, -0.15) is 13.2 Å². The molecule has 12 heteroatoms. The van der Waals surface area contributed by atoms with Gasteiger partial charge in [0, 0.05) is 17.2 Å². The number of ether oxygens (including phenoxy) is 1. The lowest BCUT2D eigenvalue weighted by molar-refractivity contribution is -0.384. The Kier molecular flexibility index (Phi) is 7.34. The second kappa shape index (κ2) is 9.56. The van der Waals surface area contributed by atoms with Gasteiger partial charge in [0.05, 0.1) is 10.5 Å². The summed E-state index contributed by atoms with van der Waals surface area (Å²) in [6.45, 7) is -0.533. The number of alkyl halides is 3. The number of halogens is 4. The Morgan fingerprint density at radius 2 is 1.77 bits per heavy atom. The quantitative estimate of drug-likeness (QED) is 0.293. The minimum atomic E-state index is -4.64. The molecule has 0 heterocycles. The van der Waals surface area contributed by atoms with Crippen LogP contribution >= 0.6 is 11.6 Å². The molecule has 0 saturated carbocycles. The standard InChI is InChI=1S/C19H14ClF3N2O6/c1-10(17(27)24-9-19(21,22)23)31-18(28)13-5-3-2-4-12(13)16(26)11-6-7-14(20)15(8-11)25(29)30/h2-8,10H,9H2,1H3,(H,24,27). The summed E-state index contributed by atoms with van der Waals surface area (Å²) in [7, 11) is 0. The first-order valence-electron chi connectivity index (χ1n) is 8.54. The Hall–Kier alpha value is -3.47. The van der Waals surface area contributed by atoms with E-state index >= 15 is 0 Å². The van der Waals surface area contributed by atoms with Crippen molar-refractivity contribution in [1.82, 2.24) is 5.32 Å². The Balaban J connectivity index is 2.24. The van der Waals surface area contributed by atoms with Crippen LogP contribution in [-0.2, 0) is 9.53 Å². The van der Waals surface area contributed by atoms with Crippen molar-refractivity contribution in [2.45, 2.75) is 19.2 Å². The van der Waals surface area contributed by atoms with Crippen LogP contribution < -0.4 is 5.32 Å². The highest BCUT2D eigenvalue weighted by molar-refractivity contribution is 6.33. The third kappa shape index (κ3) is 6.25. The molecule has 0 aliphatic heterocycles. The molecule has 2 rings (SSSR count). The SMILES string of the molecule is CC(OC(=O)c1ccccc1C(=O)c1ccc(Cl)c([N+](=O)[O-])c1)C(=O)NCC(F)(F)F. The predicted octanol–water partition coefficient (Wildman–Crippen LogP) is 3.70. The maximum absolute atomic E-state index is 12.8. The molecular weight excluding hydrogens is 445 g/mol. The Bertz CT molecular complexity index is 1040. The summed E-state index contributed by atoms with van der Waals surface area (Å²) in [4.78, 5) is 47.2. The van der Waals surface area contributed by atoms with Crippen molar-refractivity contribution in [2.24, 2.45) is 0 Å². The second-order valence-corrected chi connectivity index (χ2v) is 6.59. The Morgan fingerprint density at radius 1 is 1.16 bits per heavy atom. The topological polar surface area (TPSA) is 116 Å². The summed E-state index contributed by atoms with van der Waals surface area (Å²) in [5.41, 5.74) is -1.11. The summed E-state index contributed by atoms with van der Waals surface area (Å²) in [5.74, 6) is -3.08. The van der Waals surface area contributed by atoms with Crippen LogP contribution in [0.1, 0.15) is 33.2 Å². The zero-order chi connectivity index (χ0) is 23.3. The molecule has 1 unspecified atom stereocenters. The molecule has 0 spiro atoms. The summed E-state index contributed by atoms with van der Waals surface area (Å²) >= 11 is 5.73. The molecule has 0 saturated heterocycles. The average molecular weight is 459 g/mol. The van der Waals surface area contributed by atoms with Crippen LogP contribution in [0.3, 0.4) is 0 Å². The number of ketones is 1. The number of rotatable bonds is 7. The number of hydrogen-bond acceptors (Lipinski definition) is 6. The van der Waals surface area contributed by atoms with Gasteiger partial charge in [0.2, 0.25) is 0 Å². The van der Waals surface area contributed by atoms with Crippen molar-refractivity contribution in [1.29, 1.82) is 0 Å². The van der Waals surface area contributed by atoms with Gasteiger partial charge in [-0.05, 0) is 25.1 Å². The van der Waals surface area contributed by atoms with Crippen LogP contribution in [0.2, 0.25) is 5.02 Å². The van der Waals surface area contributed by atoms with Crippen LogP contribution in [0.25, 0.3) is 0 Å². The van der Waals surface area contributed by atoms with Gasteiger partial charge in [-0.1, -0.05) is 29.8 Å². The molecule has 8 nitrogen and oxygen atoms in total. The molecule has 0 aliphatic carbocycles. The zero-order valence-corrected chi connectivity index (χ0v) is 16.5. The van der Waals surface area contributed by atoms with Crippen LogP contribution in [0.5, 0.6) is 0 Å². The van der Waals surface area contributed by atoms with Crippen molar-refractivity contribution >= 4 is 34.9 Å². The van der Waals surface area contributed by atoms with E-state index < -0.39 is 47.1 Å². The normalized spacial score (nSPS) is 12.0. The molecule has 1 N–H and O–H groups in total. The largest absolute Gasteiger partial charge is 0.449 e. The van der Waals surface area contributed by atoms with E-state index in [-0.39, 0.29) is 21.7 Å². The highest BCUT2D eigenvalue weighted by Gasteiger charge is 2.30. The van der Waals surface area contributed by atoms with E-state index in [1.54, 1.807) is 5.32 Å². The lowest BCUT2D eigenvalue weighted by atomic mass is 9.98. The van der Waals surface area contributed by atoms with Gasteiger partial charge < -0.3 is 10.1 Å². The fourth-order valence-electron chi connectivity index (χ4n) is 2.42. The molecular formula is C19H14ClF3N2O6. The number of esters is 1. The van der Waals surface area contributed by atoms with Crippen molar-refractivity contribution in [3.8, 4) is 0 Å². The number of nitro benzene ring substituents is 1. The molecule has 1 atom stereocenters. The molecule has 31 heavy (non-hydrogen) atoms. The highest BCUT2D eigenvalue weighted by Crippen LogP contribution is 2.27. The van der Waals surface area contributed by atoms with Crippen LogP contribution in [-0.4, -0.2) is 41.4 Å². The van der Waals surface area contributed by atoms with Gasteiger partial charge >= 0.3 is 12.1 Å². The van der Waals surface area contributed by atoms with Crippen LogP contribution in [0.4, 0.5) is 18.9 Å². The van der Waals surface area contributed by atoms with Gasteiger partial charge in [0.15, 0.2) is 11.9 Å². The number of carbonyl (C=O) groups excluding carboxylic acids is 3. The molecule has 0 aliphatic rings. The lowest BCUT2D eigenvalue weighted by Crippen LogP contribution is -2.40. The van der Waals surface area contributed by atoms with E-state index in [2.05, 4.69) is 0 Å². The molecule has 2 aromatic rings. The van der Waals surface area contributed by atoms with Crippen molar-refractivity contribution in [2.75, 3.05) is 6.54 Å². The fraction of sp³-hybridized carbons (Fsp3) is 0.211. The number of nitrogens with one attached hydrogen (secondary N) is 1. The van der Waals surface area contributed by atoms with Gasteiger partial charge in [-0.3, -0.25) is 19.7 Å². The van der Waals surface area contributed by atoms with Gasteiger partial charge in [-0.15, -0.1) is 0 Å². The lowest BCUT2D eigenvalue weighted by Gasteiger charge is -2.15. The summed E-state index contributed by atoms with van der Waals surface area (Å²) in [5, 5.41) is 12.4. The second-order valence-electron chi connectivity index (χ2n) is 6.18. The Morgan fingerprint density at radius 3 is 2.35 bits per heavy atom. The van der Waals surface area contributed by atoms with E-state index in [9.17, 15) is 37.7 Å². The zero-order valence-electron chi connectivity index (χ0n) is 15.7. The maximum Gasteiger partial charge on any atom is 0.405 e. The van der Waals surface area contributed by atoms with E-state index in [1.165, 1.54) is 30.3 Å². The highest BCUT2D eigenvalue weighted by atomic mass is 35.5. The van der Waals surface area contributed by atoms with Gasteiger partial charge in [-0.25, -0.2) is 4.79 Å². The molecule has 0 aromatic heterocycles. The first-order chi connectivity index (χ1) is 14.4. The minimum Gasteiger partial charge on any atom is -0.449 e. The summed E-state index contributed by atoms with van der Waals surface area (Å²) in [6, 6.07) is 8.61. The number of nitrogens with zero attached hydrogens (tertiary/aromatic N) is 1. The van der Waals surface area contributed by atoms with Crippen molar-refractivity contribution in [3.05, 3.63) is 74.3 Å². The fourth-order valence-corrected chi connectivity index (χ4v) is 2.60. The number of benzene rings is 2. The summed E-state index contributed by atoms with van der Waals surface area (Å²) < 4.78 is 41.5. The van der Waals surface area contributed by atoms with E-state index in [0.717, 1.165) is 19.1 Å². The molecule has 0 bridgehead atoms. The van der Waals surface area contributed by atoms with Gasteiger partial charge in [0.25, 0.3) is 11.6 Å². The molecule has 1 amide bonds. The van der Waals surface area contributed by atoms with Crippen LogP contribution in [0, 0.1) is 10.1 Å². The number of nitro groups is 1. The summed E-state index contributed by atoms with van der Waals surface area (Å²) in [6.07, 6.45) is -6.21. The third-order valence-electron chi connectivity index (χ3n) is 3.91. The average Bonchev–Trinajstić information content (AvgIpc) is 2.70. The molecule has 0 fully saturated rings.